The van der Waals surface area contributed by atoms with Gasteiger partial charge in [-0.15, -0.1) is 0 Å². The van der Waals surface area contributed by atoms with Crippen LogP contribution in [0.15, 0.2) is 0 Å². The molecule has 2 nitrogen and oxygen atoms in total. The zero-order chi connectivity index (χ0) is 19.4. The standard InChI is InChI=1S/C23H36Br2O2/c1-22-10-8-14(13-27-3)12-15(22)4-5-16-17-6-7-19(20(26)21(24)25)23(17,2)11-9-18(16)22/h14-19,21H,4-13H2,1-3H3. The van der Waals surface area contributed by atoms with Crippen LogP contribution in [-0.2, 0) is 9.53 Å². The SMILES string of the molecule is COCC1CCC2(C)C(CCC3C2CCC2(C)C(C(=O)C(Br)Br)CCC32)C1. The number of rotatable bonds is 4. The summed E-state index contributed by atoms with van der Waals surface area (Å²) in [5.74, 6) is 4.81. The number of carbonyl (C=O) groups is 1. The van der Waals surface area contributed by atoms with Gasteiger partial charge in [-0.1, -0.05) is 45.7 Å². The quantitative estimate of drug-likeness (QED) is 0.404. The van der Waals surface area contributed by atoms with Gasteiger partial charge >= 0.3 is 0 Å². The van der Waals surface area contributed by atoms with Crippen LogP contribution < -0.4 is 0 Å². The van der Waals surface area contributed by atoms with E-state index in [2.05, 4.69) is 45.7 Å². The van der Waals surface area contributed by atoms with Crippen molar-refractivity contribution in [1.29, 1.82) is 0 Å². The van der Waals surface area contributed by atoms with Crippen molar-refractivity contribution >= 4 is 37.6 Å². The Bertz CT molecular complexity index is 579. The maximum Gasteiger partial charge on any atom is 0.160 e. The minimum Gasteiger partial charge on any atom is -0.384 e. The normalized spacial score (nSPS) is 49.4. The van der Waals surface area contributed by atoms with Crippen molar-refractivity contribution in [1.82, 2.24) is 0 Å². The average molecular weight is 504 g/mol. The first-order valence-electron chi connectivity index (χ1n) is 11.1. The van der Waals surface area contributed by atoms with Crippen LogP contribution in [-0.4, -0.2) is 23.2 Å². The Kier molecular flexibility index (Phi) is 5.94. The molecule has 4 heteroatoms. The van der Waals surface area contributed by atoms with Crippen molar-refractivity contribution in [2.75, 3.05) is 13.7 Å². The van der Waals surface area contributed by atoms with E-state index < -0.39 is 0 Å². The molecule has 0 amide bonds. The van der Waals surface area contributed by atoms with E-state index in [1.54, 1.807) is 0 Å². The Morgan fingerprint density at radius 3 is 2.41 bits per heavy atom. The van der Waals surface area contributed by atoms with Gasteiger partial charge in [0, 0.05) is 19.6 Å². The fraction of sp³-hybridized carbons (Fsp3) is 0.957. The lowest BCUT2D eigenvalue weighted by atomic mass is 9.44. The molecule has 0 bridgehead atoms. The highest BCUT2D eigenvalue weighted by Gasteiger charge is 2.61. The van der Waals surface area contributed by atoms with E-state index in [4.69, 9.17) is 4.74 Å². The summed E-state index contributed by atoms with van der Waals surface area (Å²) in [7, 11) is 1.86. The summed E-state index contributed by atoms with van der Waals surface area (Å²) in [4.78, 5) is 12.8. The molecule has 4 saturated carbocycles. The van der Waals surface area contributed by atoms with Gasteiger partial charge in [-0.05, 0) is 98.2 Å². The van der Waals surface area contributed by atoms with Crippen molar-refractivity contribution in [3.63, 3.8) is 0 Å². The lowest BCUT2D eigenvalue weighted by Crippen LogP contribution is -2.54. The Morgan fingerprint density at radius 2 is 1.70 bits per heavy atom. The fourth-order valence-electron chi connectivity index (χ4n) is 8.35. The van der Waals surface area contributed by atoms with Gasteiger partial charge in [0.05, 0.1) is 0 Å². The number of ether oxygens (including phenoxy) is 1. The van der Waals surface area contributed by atoms with Crippen LogP contribution in [0.3, 0.4) is 0 Å². The van der Waals surface area contributed by atoms with Crippen LogP contribution in [0.4, 0.5) is 0 Å². The number of alkyl halides is 2. The number of carbonyl (C=O) groups excluding carboxylic acids is 1. The van der Waals surface area contributed by atoms with Crippen LogP contribution in [0.5, 0.6) is 0 Å². The Hall–Kier alpha value is 0.590. The van der Waals surface area contributed by atoms with Crippen molar-refractivity contribution in [3.8, 4) is 0 Å². The molecular formula is C23H36Br2O2. The minimum atomic E-state index is -0.174. The second-order valence-corrected chi connectivity index (χ2v) is 13.7. The first-order chi connectivity index (χ1) is 12.8. The van der Waals surface area contributed by atoms with E-state index >= 15 is 0 Å². The van der Waals surface area contributed by atoms with Crippen LogP contribution >= 0.6 is 31.9 Å². The molecule has 4 rings (SSSR count). The van der Waals surface area contributed by atoms with Crippen molar-refractivity contribution < 1.29 is 9.53 Å². The second kappa shape index (κ2) is 7.69. The summed E-state index contributed by atoms with van der Waals surface area (Å²) in [5, 5.41) is 0. The smallest absolute Gasteiger partial charge is 0.160 e. The summed E-state index contributed by atoms with van der Waals surface area (Å²) in [6.07, 6.45) is 11.9. The third-order valence-corrected chi connectivity index (χ3v) is 10.6. The molecule has 0 saturated heterocycles. The Balaban J connectivity index is 1.54. The molecule has 8 unspecified atom stereocenters. The van der Waals surface area contributed by atoms with E-state index in [0.717, 1.165) is 42.6 Å². The van der Waals surface area contributed by atoms with Gasteiger partial charge in [-0.25, -0.2) is 0 Å². The molecule has 8 atom stereocenters. The Morgan fingerprint density at radius 1 is 1.00 bits per heavy atom. The zero-order valence-corrected chi connectivity index (χ0v) is 20.4. The molecule has 0 aromatic carbocycles. The predicted molar refractivity (Wildman–Crippen MR) is 117 cm³/mol. The topological polar surface area (TPSA) is 26.3 Å². The lowest BCUT2D eigenvalue weighted by molar-refractivity contribution is -0.136. The first-order valence-corrected chi connectivity index (χ1v) is 12.9. The number of methoxy groups -OCH3 is 1. The first kappa shape index (κ1) is 20.8. The molecule has 0 aromatic heterocycles. The maximum atomic E-state index is 12.8. The molecule has 4 aliphatic rings. The van der Waals surface area contributed by atoms with Gasteiger partial charge in [0.25, 0.3) is 0 Å². The minimum absolute atomic E-state index is 0.174. The van der Waals surface area contributed by atoms with Gasteiger partial charge < -0.3 is 4.74 Å². The molecule has 4 fully saturated rings. The van der Waals surface area contributed by atoms with Crippen LogP contribution in [0.1, 0.15) is 71.6 Å². The number of hydrogen-bond donors (Lipinski definition) is 0. The van der Waals surface area contributed by atoms with Gasteiger partial charge in [-0.3, -0.25) is 4.79 Å². The monoisotopic (exact) mass is 502 g/mol. The number of fused-ring (bicyclic) bond motifs is 5. The van der Waals surface area contributed by atoms with E-state index in [0.29, 0.717) is 11.2 Å². The van der Waals surface area contributed by atoms with Crippen LogP contribution in [0.2, 0.25) is 0 Å². The van der Waals surface area contributed by atoms with E-state index in [1.165, 1.54) is 51.4 Å². The van der Waals surface area contributed by atoms with Crippen molar-refractivity contribution in [2.45, 2.75) is 75.4 Å². The van der Waals surface area contributed by atoms with Crippen LogP contribution in [0.25, 0.3) is 0 Å². The number of halogens is 2. The number of ketones is 1. The molecule has 4 aliphatic carbocycles. The van der Waals surface area contributed by atoms with Gasteiger partial charge in [0.1, 0.15) is 3.74 Å². The zero-order valence-electron chi connectivity index (χ0n) is 17.2. The highest BCUT2D eigenvalue weighted by atomic mass is 79.9. The van der Waals surface area contributed by atoms with Crippen LogP contribution in [0, 0.1) is 46.3 Å². The van der Waals surface area contributed by atoms with Crippen molar-refractivity contribution in [3.05, 3.63) is 0 Å². The lowest BCUT2D eigenvalue weighted by Gasteiger charge is -2.61. The molecule has 27 heavy (non-hydrogen) atoms. The molecule has 0 heterocycles. The highest BCUT2D eigenvalue weighted by molar-refractivity contribution is 9.25. The number of hydrogen-bond acceptors (Lipinski definition) is 2. The summed E-state index contributed by atoms with van der Waals surface area (Å²) < 4.78 is 5.31. The predicted octanol–water partition coefficient (Wildman–Crippen LogP) is 6.59. The molecular weight excluding hydrogens is 468 g/mol. The van der Waals surface area contributed by atoms with Crippen molar-refractivity contribution in [2.24, 2.45) is 46.3 Å². The third-order valence-electron chi connectivity index (χ3n) is 9.74. The van der Waals surface area contributed by atoms with Gasteiger partial charge in [0.15, 0.2) is 5.78 Å². The third kappa shape index (κ3) is 3.32. The Labute approximate surface area is 182 Å². The second-order valence-electron chi connectivity index (χ2n) is 10.6. The number of Topliss-reactive ketones (excluding diaryl/α,β-unsaturated/α-hetero) is 1. The largest absolute Gasteiger partial charge is 0.384 e. The maximum absolute atomic E-state index is 12.8. The summed E-state index contributed by atoms with van der Waals surface area (Å²) >= 11 is 6.98. The molecule has 0 aliphatic heterocycles. The molecule has 0 N–H and O–H groups in total. The van der Waals surface area contributed by atoms with E-state index in [-0.39, 0.29) is 15.1 Å². The molecule has 0 radical (unpaired) electrons. The molecule has 0 spiro atoms. The van der Waals surface area contributed by atoms with Gasteiger partial charge in [-0.2, -0.15) is 0 Å². The summed E-state index contributed by atoms with van der Waals surface area (Å²) in [6.45, 7) is 6.03. The summed E-state index contributed by atoms with van der Waals surface area (Å²) in [5.41, 5.74) is 0.762. The van der Waals surface area contributed by atoms with Gasteiger partial charge in [0.2, 0.25) is 0 Å². The van der Waals surface area contributed by atoms with E-state index in [1.807, 2.05) is 7.11 Å². The average Bonchev–Trinajstić information content (AvgIpc) is 2.98. The summed E-state index contributed by atoms with van der Waals surface area (Å²) in [6, 6.07) is 0. The molecule has 154 valence electrons. The highest BCUT2D eigenvalue weighted by Crippen LogP contribution is 2.68. The fourth-order valence-corrected chi connectivity index (χ4v) is 8.99. The molecule has 0 aromatic rings. The van der Waals surface area contributed by atoms with E-state index in [9.17, 15) is 4.79 Å².